The number of benzene rings is 2. The number of aromatic nitrogens is 1. The highest BCUT2D eigenvalue weighted by Gasteiger charge is 2.28. The Bertz CT molecular complexity index is 1430. The van der Waals surface area contributed by atoms with Crippen LogP contribution in [0, 0.1) is 0 Å². The standard InChI is InChI=1S/C28H24N2O4S/c1-17(24-7-4-14-35-24)29-25(32)16-34-28(33)26-21-5-2-3-6-23(21)30-27-19(10-13-22(26)27)15-18-8-11-20(31)12-9-18/h2-9,11-12,14-15,17,31H,10,13,16H2,1H3,(H,29,32)/b19-15+. The van der Waals surface area contributed by atoms with Gasteiger partial charge in [0.2, 0.25) is 0 Å². The number of aromatic hydroxyl groups is 1. The lowest BCUT2D eigenvalue weighted by molar-refractivity contribution is -0.124. The molecule has 1 amide bonds. The fraction of sp³-hybridized carbons (Fsp3) is 0.179. The predicted octanol–water partition coefficient (Wildman–Crippen LogP) is 5.52. The van der Waals surface area contributed by atoms with E-state index < -0.39 is 5.97 Å². The highest BCUT2D eigenvalue weighted by atomic mass is 32.1. The third-order valence-electron chi connectivity index (χ3n) is 6.06. The minimum atomic E-state index is -0.523. The first kappa shape index (κ1) is 22.8. The number of fused-ring (bicyclic) bond motifs is 2. The molecule has 4 aromatic rings. The van der Waals surface area contributed by atoms with Gasteiger partial charge in [-0.25, -0.2) is 9.78 Å². The van der Waals surface area contributed by atoms with Gasteiger partial charge in [0, 0.05) is 10.3 Å². The van der Waals surface area contributed by atoms with Crippen molar-refractivity contribution in [3.05, 3.63) is 93.3 Å². The second kappa shape index (κ2) is 9.72. The van der Waals surface area contributed by atoms with E-state index in [1.165, 1.54) is 0 Å². The number of allylic oxidation sites excluding steroid dienone is 1. The van der Waals surface area contributed by atoms with E-state index >= 15 is 0 Å². The molecule has 1 unspecified atom stereocenters. The number of esters is 1. The van der Waals surface area contributed by atoms with Gasteiger partial charge in [-0.2, -0.15) is 0 Å². The quantitative estimate of drug-likeness (QED) is 0.352. The second-order valence-electron chi connectivity index (χ2n) is 8.47. The fourth-order valence-electron chi connectivity index (χ4n) is 4.38. The number of nitrogens with one attached hydrogen (secondary N) is 1. The van der Waals surface area contributed by atoms with E-state index in [9.17, 15) is 14.7 Å². The molecule has 176 valence electrons. The summed E-state index contributed by atoms with van der Waals surface area (Å²) in [6.07, 6.45) is 3.42. The molecule has 7 heteroatoms. The van der Waals surface area contributed by atoms with Crippen molar-refractivity contribution < 1.29 is 19.4 Å². The van der Waals surface area contributed by atoms with Crippen LogP contribution in [0.2, 0.25) is 0 Å². The van der Waals surface area contributed by atoms with Gasteiger partial charge in [0.1, 0.15) is 5.75 Å². The Labute approximate surface area is 206 Å². The van der Waals surface area contributed by atoms with Crippen LogP contribution in [0.3, 0.4) is 0 Å². The van der Waals surface area contributed by atoms with Crippen molar-refractivity contribution in [1.29, 1.82) is 0 Å². The predicted molar refractivity (Wildman–Crippen MR) is 137 cm³/mol. The number of ether oxygens (including phenoxy) is 1. The van der Waals surface area contributed by atoms with Crippen molar-refractivity contribution in [1.82, 2.24) is 10.3 Å². The largest absolute Gasteiger partial charge is 0.508 e. The van der Waals surface area contributed by atoms with Crippen molar-refractivity contribution in [2.24, 2.45) is 0 Å². The first-order valence-corrected chi connectivity index (χ1v) is 12.3. The normalized spacial score (nSPS) is 14.6. The van der Waals surface area contributed by atoms with Crippen LogP contribution in [0.5, 0.6) is 5.75 Å². The first-order chi connectivity index (χ1) is 17.0. The van der Waals surface area contributed by atoms with Gasteiger partial charge in [0.05, 0.1) is 22.8 Å². The zero-order valence-corrected chi connectivity index (χ0v) is 20.0. The molecular formula is C28H24N2O4S. The molecule has 1 aliphatic rings. The number of carbonyl (C=O) groups excluding carboxylic acids is 2. The number of hydrogen-bond acceptors (Lipinski definition) is 6. The fourth-order valence-corrected chi connectivity index (χ4v) is 5.11. The molecular weight excluding hydrogens is 460 g/mol. The summed E-state index contributed by atoms with van der Waals surface area (Å²) < 4.78 is 5.49. The zero-order valence-electron chi connectivity index (χ0n) is 19.2. The number of amides is 1. The Morgan fingerprint density at radius 1 is 1.11 bits per heavy atom. The number of para-hydroxylation sites is 1. The number of hydrogen-bond donors (Lipinski definition) is 2. The highest BCUT2D eigenvalue weighted by molar-refractivity contribution is 7.10. The van der Waals surface area contributed by atoms with Crippen LogP contribution in [-0.2, 0) is 16.0 Å². The number of rotatable bonds is 6. The summed E-state index contributed by atoms with van der Waals surface area (Å²) in [5, 5.41) is 15.1. The Morgan fingerprint density at radius 3 is 2.69 bits per heavy atom. The van der Waals surface area contributed by atoms with Crippen molar-refractivity contribution in [2.75, 3.05) is 6.61 Å². The van der Waals surface area contributed by atoms with Gasteiger partial charge in [-0.15, -0.1) is 11.3 Å². The molecule has 2 aromatic heterocycles. The summed E-state index contributed by atoms with van der Waals surface area (Å²) in [5.41, 5.74) is 4.76. The number of phenolic OH excluding ortho intramolecular Hbond substituents is 1. The molecule has 0 bridgehead atoms. The minimum absolute atomic E-state index is 0.153. The molecule has 0 saturated heterocycles. The van der Waals surface area contributed by atoms with Crippen LogP contribution in [0.4, 0.5) is 0 Å². The van der Waals surface area contributed by atoms with Gasteiger partial charge in [-0.05, 0) is 72.2 Å². The number of thiophene rings is 1. The molecule has 6 nitrogen and oxygen atoms in total. The summed E-state index contributed by atoms with van der Waals surface area (Å²) in [6.45, 7) is 1.55. The minimum Gasteiger partial charge on any atom is -0.508 e. The van der Waals surface area contributed by atoms with E-state index in [0.717, 1.165) is 39.1 Å². The molecule has 0 saturated carbocycles. The summed E-state index contributed by atoms with van der Waals surface area (Å²) in [7, 11) is 0. The van der Waals surface area contributed by atoms with E-state index in [-0.39, 0.29) is 24.3 Å². The molecule has 1 atom stereocenters. The van der Waals surface area contributed by atoms with Gasteiger partial charge in [0.15, 0.2) is 6.61 Å². The lowest BCUT2D eigenvalue weighted by Crippen LogP contribution is -2.31. The summed E-state index contributed by atoms with van der Waals surface area (Å²) >= 11 is 1.56. The number of phenols is 1. The van der Waals surface area contributed by atoms with E-state index in [1.807, 2.05) is 66.9 Å². The van der Waals surface area contributed by atoms with Crippen LogP contribution < -0.4 is 5.32 Å². The van der Waals surface area contributed by atoms with Crippen molar-refractivity contribution >= 4 is 45.8 Å². The average Bonchev–Trinajstić information content (AvgIpc) is 3.53. The topological polar surface area (TPSA) is 88.5 Å². The lowest BCUT2D eigenvalue weighted by atomic mass is 10.0. The van der Waals surface area contributed by atoms with Crippen LogP contribution in [-0.4, -0.2) is 28.6 Å². The van der Waals surface area contributed by atoms with Crippen LogP contribution in [0.1, 0.15) is 51.4 Å². The average molecular weight is 485 g/mol. The Kier molecular flexibility index (Phi) is 6.33. The molecule has 35 heavy (non-hydrogen) atoms. The Hall–Kier alpha value is -3.97. The van der Waals surface area contributed by atoms with Crippen LogP contribution in [0.25, 0.3) is 22.6 Å². The van der Waals surface area contributed by atoms with Crippen molar-refractivity contribution in [2.45, 2.75) is 25.8 Å². The van der Waals surface area contributed by atoms with Gasteiger partial charge in [-0.3, -0.25) is 4.79 Å². The Morgan fingerprint density at radius 2 is 1.91 bits per heavy atom. The van der Waals surface area contributed by atoms with Gasteiger partial charge in [0.25, 0.3) is 5.91 Å². The smallest absolute Gasteiger partial charge is 0.339 e. The third kappa shape index (κ3) is 4.81. The SMILES string of the molecule is CC(NC(=O)COC(=O)c1c2c(nc3ccccc13)/C(=C/c1ccc(O)cc1)CC2)c1cccs1. The maximum absolute atomic E-state index is 13.3. The molecule has 0 fully saturated rings. The molecule has 0 spiro atoms. The molecule has 2 aromatic carbocycles. The van der Waals surface area contributed by atoms with Gasteiger partial charge >= 0.3 is 5.97 Å². The van der Waals surface area contributed by atoms with Gasteiger partial charge < -0.3 is 15.2 Å². The number of carbonyl (C=O) groups is 2. The molecule has 1 aliphatic carbocycles. The maximum atomic E-state index is 13.3. The zero-order chi connectivity index (χ0) is 24.4. The monoisotopic (exact) mass is 484 g/mol. The first-order valence-electron chi connectivity index (χ1n) is 11.4. The van der Waals surface area contributed by atoms with E-state index in [4.69, 9.17) is 9.72 Å². The van der Waals surface area contributed by atoms with Crippen LogP contribution >= 0.6 is 11.3 Å². The van der Waals surface area contributed by atoms with E-state index in [1.54, 1.807) is 23.5 Å². The van der Waals surface area contributed by atoms with Crippen molar-refractivity contribution in [3.63, 3.8) is 0 Å². The lowest BCUT2D eigenvalue weighted by Gasteiger charge is -2.14. The molecule has 0 radical (unpaired) electrons. The summed E-state index contributed by atoms with van der Waals surface area (Å²) in [4.78, 5) is 31.6. The molecule has 2 heterocycles. The summed E-state index contributed by atoms with van der Waals surface area (Å²) in [5.74, 6) is -0.659. The molecule has 2 N–H and O–H groups in total. The maximum Gasteiger partial charge on any atom is 0.339 e. The highest BCUT2D eigenvalue weighted by Crippen LogP contribution is 2.38. The number of nitrogens with zero attached hydrogens (tertiary/aromatic N) is 1. The second-order valence-corrected chi connectivity index (χ2v) is 9.45. The molecule has 0 aliphatic heterocycles. The van der Waals surface area contributed by atoms with E-state index in [0.29, 0.717) is 17.5 Å². The van der Waals surface area contributed by atoms with Gasteiger partial charge in [-0.1, -0.05) is 36.4 Å². The van der Waals surface area contributed by atoms with E-state index in [2.05, 4.69) is 5.32 Å². The Balaban J connectivity index is 1.41. The number of pyridine rings is 1. The summed E-state index contributed by atoms with van der Waals surface area (Å²) in [6, 6.07) is 18.2. The van der Waals surface area contributed by atoms with Crippen LogP contribution in [0.15, 0.2) is 66.0 Å². The van der Waals surface area contributed by atoms with Crippen molar-refractivity contribution in [3.8, 4) is 5.75 Å². The third-order valence-corrected chi connectivity index (χ3v) is 7.12. The molecule has 5 rings (SSSR count).